The van der Waals surface area contributed by atoms with E-state index in [1.54, 1.807) is 13.8 Å². The quantitative estimate of drug-likeness (QED) is 0.286. The van der Waals surface area contributed by atoms with Crippen molar-refractivity contribution in [2.75, 3.05) is 13.2 Å². The summed E-state index contributed by atoms with van der Waals surface area (Å²) in [4.78, 5) is 45.5. The van der Waals surface area contributed by atoms with Crippen LogP contribution in [0, 0.1) is 10.1 Å². The van der Waals surface area contributed by atoms with E-state index in [0.29, 0.717) is 5.56 Å². The van der Waals surface area contributed by atoms with Gasteiger partial charge in [-0.25, -0.2) is 4.79 Å². The SMILES string of the molecule is CCOC(=O)CCC(NC(=O)/C=C\c1ccc([N+](=O)[O-])cc1)C(=O)OCC. The van der Waals surface area contributed by atoms with Crippen molar-refractivity contribution in [3.63, 3.8) is 0 Å². The molecule has 0 bridgehead atoms. The fourth-order valence-electron chi connectivity index (χ4n) is 2.09. The highest BCUT2D eigenvalue weighted by Gasteiger charge is 2.22. The Labute approximate surface area is 156 Å². The molecule has 9 nitrogen and oxygen atoms in total. The van der Waals surface area contributed by atoms with Crippen LogP contribution in [0.5, 0.6) is 0 Å². The van der Waals surface area contributed by atoms with Crippen molar-refractivity contribution in [2.45, 2.75) is 32.7 Å². The van der Waals surface area contributed by atoms with Crippen molar-refractivity contribution in [1.82, 2.24) is 5.32 Å². The van der Waals surface area contributed by atoms with E-state index in [9.17, 15) is 24.5 Å². The van der Waals surface area contributed by atoms with Crippen molar-refractivity contribution in [3.8, 4) is 0 Å². The van der Waals surface area contributed by atoms with Crippen LogP contribution in [0.1, 0.15) is 32.3 Å². The van der Waals surface area contributed by atoms with Crippen LogP contribution in [0.4, 0.5) is 5.69 Å². The fourth-order valence-corrected chi connectivity index (χ4v) is 2.09. The predicted octanol–water partition coefficient (Wildman–Crippen LogP) is 2.00. The molecule has 0 aliphatic rings. The molecule has 0 aliphatic carbocycles. The first-order valence-corrected chi connectivity index (χ1v) is 8.42. The Balaban J connectivity index is 2.69. The lowest BCUT2D eigenvalue weighted by atomic mass is 10.1. The van der Waals surface area contributed by atoms with E-state index in [2.05, 4.69) is 5.32 Å². The summed E-state index contributed by atoms with van der Waals surface area (Å²) in [5.74, 6) is -1.67. The molecule has 0 spiro atoms. The number of nitro benzene ring substituents is 1. The number of nitrogens with zero attached hydrogens (tertiary/aromatic N) is 1. The molecule has 1 rings (SSSR count). The van der Waals surface area contributed by atoms with Gasteiger partial charge in [-0.15, -0.1) is 0 Å². The molecule has 9 heteroatoms. The molecular formula is C18H22N2O7. The number of carbonyl (C=O) groups excluding carboxylic acids is 3. The van der Waals surface area contributed by atoms with Crippen LogP contribution in [-0.2, 0) is 23.9 Å². The highest BCUT2D eigenvalue weighted by molar-refractivity contribution is 5.94. The zero-order chi connectivity index (χ0) is 20.2. The number of hydrogen-bond donors (Lipinski definition) is 1. The lowest BCUT2D eigenvalue weighted by Crippen LogP contribution is -2.41. The average molecular weight is 378 g/mol. The average Bonchev–Trinajstić information content (AvgIpc) is 2.64. The van der Waals surface area contributed by atoms with Crippen LogP contribution in [0.15, 0.2) is 30.3 Å². The summed E-state index contributed by atoms with van der Waals surface area (Å²) < 4.78 is 9.70. The highest BCUT2D eigenvalue weighted by atomic mass is 16.6. The van der Waals surface area contributed by atoms with Crippen LogP contribution >= 0.6 is 0 Å². The van der Waals surface area contributed by atoms with E-state index < -0.39 is 28.8 Å². The van der Waals surface area contributed by atoms with Crippen LogP contribution in [0.2, 0.25) is 0 Å². The van der Waals surface area contributed by atoms with Gasteiger partial charge in [-0.05, 0) is 44.0 Å². The van der Waals surface area contributed by atoms with E-state index in [1.165, 1.54) is 36.4 Å². The van der Waals surface area contributed by atoms with Gasteiger partial charge in [0.15, 0.2) is 0 Å². The molecule has 0 heterocycles. The topological polar surface area (TPSA) is 125 Å². The Hall–Kier alpha value is -3.23. The summed E-state index contributed by atoms with van der Waals surface area (Å²) in [5.41, 5.74) is 0.521. The van der Waals surface area contributed by atoms with Crippen LogP contribution in [0.25, 0.3) is 6.08 Å². The van der Waals surface area contributed by atoms with Gasteiger partial charge < -0.3 is 14.8 Å². The standard InChI is InChI=1S/C18H22N2O7/c1-3-26-17(22)12-10-15(18(23)27-4-2)19-16(21)11-7-13-5-8-14(9-6-13)20(24)25/h5-9,11,15H,3-4,10,12H2,1-2H3,(H,19,21)/b11-7-. The largest absolute Gasteiger partial charge is 0.466 e. The van der Waals surface area contributed by atoms with E-state index in [0.717, 1.165) is 0 Å². The number of nitro groups is 1. The number of esters is 2. The van der Waals surface area contributed by atoms with Crippen molar-refractivity contribution in [1.29, 1.82) is 0 Å². The number of amides is 1. The first-order chi connectivity index (χ1) is 12.9. The second kappa shape index (κ2) is 11.4. The third kappa shape index (κ3) is 8.13. The second-order valence-electron chi connectivity index (χ2n) is 5.34. The summed E-state index contributed by atoms with van der Waals surface area (Å²) >= 11 is 0. The maximum atomic E-state index is 12.1. The molecule has 1 aromatic carbocycles. The minimum atomic E-state index is -0.983. The molecule has 0 saturated carbocycles. The fraction of sp³-hybridized carbons (Fsp3) is 0.389. The van der Waals surface area contributed by atoms with Gasteiger partial charge in [0, 0.05) is 24.6 Å². The number of nitrogens with one attached hydrogen (secondary N) is 1. The molecule has 1 aromatic rings. The normalized spacial score (nSPS) is 11.6. The number of non-ortho nitro benzene ring substituents is 1. The van der Waals surface area contributed by atoms with Gasteiger partial charge in [-0.3, -0.25) is 19.7 Å². The number of hydrogen-bond acceptors (Lipinski definition) is 7. The Bertz CT molecular complexity index is 698. The summed E-state index contributed by atoms with van der Waals surface area (Å²) in [6.07, 6.45) is 2.66. The Morgan fingerprint density at radius 2 is 1.78 bits per heavy atom. The molecule has 1 amide bonds. The van der Waals surface area contributed by atoms with Crippen molar-refractivity contribution in [2.24, 2.45) is 0 Å². The van der Waals surface area contributed by atoms with Crippen molar-refractivity contribution in [3.05, 3.63) is 46.0 Å². The Kier molecular flexibility index (Phi) is 9.21. The monoisotopic (exact) mass is 378 g/mol. The van der Waals surface area contributed by atoms with Gasteiger partial charge >= 0.3 is 11.9 Å². The molecule has 27 heavy (non-hydrogen) atoms. The van der Waals surface area contributed by atoms with Gasteiger partial charge in [0.2, 0.25) is 5.91 Å². The first-order valence-electron chi connectivity index (χ1n) is 8.42. The number of carbonyl (C=O) groups is 3. The maximum Gasteiger partial charge on any atom is 0.328 e. The van der Waals surface area contributed by atoms with Crippen molar-refractivity contribution >= 4 is 29.6 Å². The third-order valence-corrected chi connectivity index (χ3v) is 3.36. The van der Waals surface area contributed by atoms with Crippen LogP contribution in [0.3, 0.4) is 0 Å². The smallest absolute Gasteiger partial charge is 0.328 e. The summed E-state index contributed by atoms with van der Waals surface area (Å²) in [5, 5.41) is 13.1. The molecule has 1 N–H and O–H groups in total. The molecule has 0 radical (unpaired) electrons. The zero-order valence-electron chi connectivity index (χ0n) is 15.2. The lowest BCUT2D eigenvalue weighted by molar-refractivity contribution is -0.384. The van der Waals surface area contributed by atoms with Crippen molar-refractivity contribution < 1.29 is 28.8 Å². The minimum Gasteiger partial charge on any atom is -0.466 e. The second-order valence-corrected chi connectivity index (χ2v) is 5.34. The van der Waals surface area contributed by atoms with E-state index in [-0.39, 0.29) is 31.7 Å². The molecular weight excluding hydrogens is 356 g/mol. The molecule has 1 unspecified atom stereocenters. The van der Waals surface area contributed by atoms with Crippen LogP contribution < -0.4 is 5.32 Å². The number of benzene rings is 1. The Morgan fingerprint density at radius 3 is 2.33 bits per heavy atom. The number of ether oxygens (including phenoxy) is 2. The first kappa shape index (κ1) is 21.8. The summed E-state index contributed by atoms with van der Waals surface area (Å²) in [7, 11) is 0. The van der Waals surface area contributed by atoms with E-state index in [1.807, 2.05) is 0 Å². The highest BCUT2D eigenvalue weighted by Crippen LogP contribution is 2.12. The van der Waals surface area contributed by atoms with Gasteiger partial charge in [0.25, 0.3) is 5.69 Å². The van der Waals surface area contributed by atoms with Crippen LogP contribution in [-0.4, -0.2) is 42.0 Å². The van der Waals surface area contributed by atoms with Gasteiger partial charge in [-0.1, -0.05) is 0 Å². The summed E-state index contributed by atoms with van der Waals surface area (Å²) in [6.45, 7) is 3.68. The molecule has 0 saturated heterocycles. The minimum absolute atomic E-state index is 0.0380. The predicted molar refractivity (Wildman–Crippen MR) is 96.6 cm³/mol. The zero-order valence-corrected chi connectivity index (χ0v) is 15.2. The summed E-state index contributed by atoms with van der Waals surface area (Å²) in [6, 6.07) is 4.64. The molecule has 0 aromatic heterocycles. The maximum absolute atomic E-state index is 12.1. The Morgan fingerprint density at radius 1 is 1.15 bits per heavy atom. The molecule has 0 aliphatic heterocycles. The molecule has 1 atom stereocenters. The van der Waals surface area contributed by atoms with Gasteiger partial charge in [-0.2, -0.15) is 0 Å². The van der Waals surface area contributed by atoms with E-state index >= 15 is 0 Å². The van der Waals surface area contributed by atoms with Gasteiger partial charge in [0.1, 0.15) is 6.04 Å². The molecule has 146 valence electrons. The van der Waals surface area contributed by atoms with Gasteiger partial charge in [0.05, 0.1) is 18.1 Å². The lowest BCUT2D eigenvalue weighted by Gasteiger charge is -2.15. The van der Waals surface area contributed by atoms with E-state index in [4.69, 9.17) is 9.47 Å². The number of rotatable bonds is 10. The third-order valence-electron chi connectivity index (χ3n) is 3.36. The molecule has 0 fully saturated rings.